The Morgan fingerprint density at radius 3 is 2.41 bits per heavy atom. The van der Waals surface area contributed by atoms with E-state index < -0.39 is 9.84 Å². The number of sulfone groups is 1. The molecule has 2 heterocycles. The lowest BCUT2D eigenvalue weighted by atomic mass is 10.1. The van der Waals surface area contributed by atoms with Crippen LogP contribution in [0.4, 0.5) is 0 Å². The number of rotatable bonds is 9. The van der Waals surface area contributed by atoms with E-state index in [0.29, 0.717) is 19.6 Å². The van der Waals surface area contributed by atoms with E-state index in [4.69, 9.17) is 9.47 Å². The van der Waals surface area contributed by atoms with Crippen LogP contribution >= 0.6 is 0 Å². The fraction of sp³-hybridized carbons (Fsp3) is 0.571. The van der Waals surface area contributed by atoms with E-state index >= 15 is 0 Å². The maximum atomic E-state index is 11.8. The van der Waals surface area contributed by atoms with Crippen molar-refractivity contribution < 1.29 is 17.9 Å². The van der Waals surface area contributed by atoms with Crippen molar-refractivity contribution in [1.29, 1.82) is 0 Å². The van der Waals surface area contributed by atoms with Crippen molar-refractivity contribution in [3.8, 4) is 11.5 Å². The van der Waals surface area contributed by atoms with Gasteiger partial charge in [0, 0.05) is 24.3 Å². The number of hydrogen-bond acceptors (Lipinski definition) is 6. The molecule has 160 valence electrons. The van der Waals surface area contributed by atoms with E-state index in [1.165, 1.54) is 0 Å². The number of nitrogens with zero attached hydrogens (tertiary/aromatic N) is 3. The van der Waals surface area contributed by atoms with Gasteiger partial charge >= 0.3 is 0 Å². The monoisotopic (exact) mass is 421 g/mol. The number of aromatic nitrogens is 2. The normalized spacial score (nSPS) is 18.3. The molecule has 0 spiro atoms. The topological polar surface area (TPSA) is 73.7 Å². The third-order valence-electron chi connectivity index (χ3n) is 5.33. The van der Waals surface area contributed by atoms with E-state index in [2.05, 4.69) is 17.0 Å². The van der Waals surface area contributed by atoms with Gasteiger partial charge in [-0.05, 0) is 58.5 Å². The lowest BCUT2D eigenvalue weighted by Gasteiger charge is -2.18. The molecule has 0 amide bonds. The molecule has 2 aromatic rings. The van der Waals surface area contributed by atoms with Gasteiger partial charge in [-0.3, -0.25) is 9.58 Å². The molecule has 1 aromatic heterocycles. The van der Waals surface area contributed by atoms with Crippen LogP contribution in [0.1, 0.15) is 36.3 Å². The standard InChI is InChI=1S/C21H31N3O4S/c1-5-27-19-6-8-20(9-7-19)28-12-11-23(4)14-21-16(2)22-24(17(21)3)18-10-13-29(25,26)15-18/h6-9,18H,5,10-15H2,1-4H3/t18-/m0/s1. The van der Waals surface area contributed by atoms with Crippen LogP contribution < -0.4 is 9.47 Å². The minimum Gasteiger partial charge on any atom is -0.494 e. The van der Waals surface area contributed by atoms with Gasteiger partial charge in [0.25, 0.3) is 0 Å². The lowest BCUT2D eigenvalue weighted by molar-refractivity contribution is 0.232. The predicted molar refractivity (Wildman–Crippen MR) is 113 cm³/mol. The van der Waals surface area contributed by atoms with E-state index in [1.807, 2.05) is 49.7 Å². The van der Waals surface area contributed by atoms with Crippen molar-refractivity contribution >= 4 is 9.84 Å². The van der Waals surface area contributed by atoms with Gasteiger partial charge in [0.2, 0.25) is 0 Å². The minimum absolute atomic E-state index is 0.0410. The first-order chi connectivity index (χ1) is 13.8. The third-order valence-corrected chi connectivity index (χ3v) is 7.08. The first-order valence-electron chi connectivity index (χ1n) is 10.1. The van der Waals surface area contributed by atoms with Crippen LogP contribution in [0.15, 0.2) is 24.3 Å². The summed E-state index contributed by atoms with van der Waals surface area (Å²) in [4.78, 5) is 2.20. The summed E-state index contributed by atoms with van der Waals surface area (Å²) in [5.41, 5.74) is 3.19. The highest BCUT2D eigenvalue weighted by molar-refractivity contribution is 7.91. The molecule has 0 aliphatic carbocycles. The highest BCUT2D eigenvalue weighted by atomic mass is 32.2. The second-order valence-electron chi connectivity index (χ2n) is 7.64. The third kappa shape index (κ3) is 5.51. The molecule has 3 rings (SSSR count). The van der Waals surface area contributed by atoms with Gasteiger partial charge < -0.3 is 9.47 Å². The van der Waals surface area contributed by atoms with Gasteiger partial charge in [-0.2, -0.15) is 5.10 Å². The summed E-state index contributed by atoms with van der Waals surface area (Å²) in [6.07, 6.45) is 0.648. The SMILES string of the molecule is CCOc1ccc(OCCN(C)Cc2c(C)nn([C@H]3CCS(=O)(=O)C3)c2C)cc1. The van der Waals surface area contributed by atoms with Gasteiger partial charge in [-0.1, -0.05) is 0 Å². The first kappa shape index (κ1) is 21.6. The van der Waals surface area contributed by atoms with E-state index in [9.17, 15) is 8.42 Å². The maximum Gasteiger partial charge on any atom is 0.152 e. The van der Waals surface area contributed by atoms with Crippen LogP contribution in [0.5, 0.6) is 11.5 Å². The predicted octanol–water partition coefficient (Wildman–Crippen LogP) is 2.77. The largest absolute Gasteiger partial charge is 0.494 e. The van der Waals surface area contributed by atoms with Crippen LogP contribution in [0.25, 0.3) is 0 Å². The molecule has 0 bridgehead atoms. The Labute approximate surface area is 173 Å². The molecule has 0 radical (unpaired) electrons. The summed E-state index contributed by atoms with van der Waals surface area (Å²) in [5.74, 6) is 2.12. The molecule has 1 saturated heterocycles. The quantitative estimate of drug-likeness (QED) is 0.620. The van der Waals surface area contributed by atoms with Gasteiger partial charge in [-0.25, -0.2) is 8.42 Å². The number of benzene rings is 1. The molecule has 8 heteroatoms. The molecule has 1 aliphatic heterocycles. The zero-order valence-electron chi connectivity index (χ0n) is 17.7. The van der Waals surface area contributed by atoms with Crippen molar-refractivity contribution in [2.75, 3.05) is 38.3 Å². The van der Waals surface area contributed by atoms with E-state index in [1.54, 1.807) is 0 Å². The summed E-state index contributed by atoms with van der Waals surface area (Å²) in [6, 6.07) is 7.61. The Balaban J connectivity index is 1.53. The fourth-order valence-corrected chi connectivity index (χ4v) is 5.41. The molecular weight excluding hydrogens is 390 g/mol. The smallest absolute Gasteiger partial charge is 0.152 e. The first-order valence-corrected chi connectivity index (χ1v) is 11.9. The van der Waals surface area contributed by atoms with Gasteiger partial charge in [0.15, 0.2) is 9.84 Å². The molecule has 1 atom stereocenters. The summed E-state index contributed by atoms with van der Waals surface area (Å²) in [6.45, 7) is 8.74. The van der Waals surface area contributed by atoms with Crippen LogP contribution in [-0.2, 0) is 16.4 Å². The van der Waals surface area contributed by atoms with Crippen molar-refractivity contribution in [2.24, 2.45) is 0 Å². The molecule has 1 aromatic carbocycles. The molecule has 29 heavy (non-hydrogen) atoms. The Morgan fingerprint density at radius 1 is 1.17 bits per heavy atom. The number of aryl methyl sites for hydroxylation is 1. The molecule has 0 saturated carbocycles. The van der Waals surface area contributed by atoms with Crippen LogP contribution in [0.3, 0.4) is 0 Å². The average Bonchev–Trinajstić information content (AvgIpc) is 3.17. The van der Waals surface area contributed by atoms with Crippen LogP contribution in [0.2, 0.25) is 0 Å². The van der Waals surface area contributed by atoms with E-state index in [0.717, 1.165) is 41.5 Å². The maximum absolute atomic E-state index is 11.8. The van der Waals surface area contributed by atoms with Crippen molar-refractivity contribution in [1.82, 2.24) is 14.7 Å². The van der Waals surface area contributed by atoms with Crippen LogP contribution in [-0.4, -0.2) is 61.4 Å². The highest BCUT2D eigenvalue weighted by Gasteiger charge is 2.31. The number of likely N-dealkylation sites (N-methyl/N-ethyl adjacent to an activating group) is 1. The zero-order chi connectivity index (χ0) is 21.0. The van der Waals surface area contributed by atoms with Gasteiger partial charge in [0.05, 0.1) is 29.8 Å². The molecule has 0 unspecified atom stereocenters. The Hall–Kier alpha value is -2.06. The molecular formula is C21H31N3O4S. The summed E-state index contributed by atoms with van der Waals surface area (Å²) >= 11 is 0. The molecule has 0 N–H and O–H groups in total. The number of ether oxygens (including phenoxy) is 2. The van der Waals surface area contributed by atoms with Crippen molar-refractivity contribution in [2.45, 2.75) is 39.8 Å². The Morgan fingerprint density at radius 2 is 1.83 bits per heavy atom. The summed E-state index contributed by atoms with van der Waals surface area (Å²) in [7, 11) is -0.874. The zero-order valence-corrected chi connectivity index (χ0v) is 18.5. The highest BCUT2D eigenvalue weighted by Crippen LogP contribution is 2.27. The molecule has 1 fully saturated rings. The van der Waals surface area contributed by atoms with Gasteiger partial charge in [-0.15, -0.1) is 0 Å². The van der Waals surface area contributed by atoms with Crippen molar-refractivity contribution in [3.05, 3.63) is 41.2 Å². The molecule has 7 nitrogen and oxygen atoms in total. The van der Waals surface area contributed by atoms with Gasteiger partial charge in [0.1, 0.15) is 18.1 Å². The fourth-order valence-electron chi connectivity index (χ4n) is 3.72. The number of hydrogen-bond donors (Lipinski definition) is 0. The van der Waals surface area contributed by atoms with Crippen LogP contribution in [0, 0.1) is 13.8 Å². The molecule has 1 aliphatic rings. The average molecular weight is 422 g/mol. The minimum atomic E-state index is -2.93. The summed E-state index contributed by atoms with van der Waals surface area (Å²) in [5, 5.41) is 4.64. The Bertz CT molecular complexity index is 922. The second-order valence-corrected chi connectivity index (χ2v) is 9.87. The lowest BCUT2D eigenvalue weighted by Crippen LogP contribution is -2.24. The van der Waals surface area contributed by atoms with Crippen molar-refractivity contribution in [3.63, 3.8) is 0 Å². The summed E-state index contributed by atoms with van der Waals surface area (Å²) < 4.78 is 36.8. The van der Waals surface area contributed by atoms with E-state index in [-0.39, 0.29) is 17.5 Å². The second kappa shape index (κ2) is 9.17. The Kier molecular flexibility index (Phi) is 6.85.